The van der Waals surface area contributed by atoms with E-state index in [9.17, 15) is 10.1 Å². The minimum Gasteiger partial charge on any atom is -0.383 e. The standard InChI is InChI=1S/C15H14Cl3N3O2/c16-12-3-1-2-10(15(12)18)9-19-6-7-20-14-5-4-11(21(22)23)8-13(14)17/h1-5,8,19-20H,6-7,9H2. The Labute approximate surface area is 148 Å². The Hall–Kier alpha value is -1.53. The second kappa shape index (κ2) is 8.36. The second-order valence-electron chi connectivity index (χ2n) is 4.74. The predicted molar refractivity (Wildman–Crippen MR) is 94.8 cm³/mol. The van der Waals surface area contributed by atoms with Gasteiger partial charge in [0.25, 0.3) is 5.69 Å². The quantitative estimate of drug-likeness (QED) is 0.417. The first kappa shape index (κ1) is 17.8. The van der Waals surface area contributed by atoms with E-state index in [4.69, 9.17) is 34.8 Å². The molecular weight excluding hydrogens is 361 g/mol. The summed E-state index contributed by atoms with van der Waals surface area (Å²) in [6.45, 7) is 1.86. The summed E-state index contributed by atoms with van der Waals surface area (Å²) in [6.07, 6.45) is 0. The lowest BCUT2D eigenvalue weighted by atomic mass is 10.2. The summed E-state index contributed by atoms with van der Waals surface area (Å²) in [5, 5.41) is 18.4. The first-order valence-corrected chi connectivity index (χ1v) is 7.94. The Morgan fingerprint density at radius 2 is 1.83 bits per heavy atom. The third-order valence-electron chi connectivity index (χ3n) is 3.13. The van der Waals surface area contributed by atoms with Gasteiger partial charge >= 0.3 is 0 Å². The van der Waals surface area contributed by atoms with E-state index in [1.165, 1.54) is 12.1 Å². The highest BCUT2D eigenvalue weighted by Crippen LogP contribution is 2.26. The number of nitro benzene ring substituents is 1. The van der Waals surface area contributed by atoms with Crippen LogP contribution in [-0.4, -0.2) is 18.0 Å². The molecule has 0 amide bonds. The number of anilines is 1. The van der Waals surface area contributed by atoms with Crippen LogP contribution in [0.2, 0.25) is 15.1 Å². The summed E-state index contributed by atoms with van der Waals surface area (Å²) in [5.41, 5.74) is 1.54. The van der Waals surface area contributed by atoms with Gasteiger partial charge in [-0.25, -0.2) is 0 Å². The molecule has 0 radical (unpaired) electrons. The van der Waals surface area contributed by atoms with Gasteiger partial charge in [-0.05, 0) is 17.7 Å². The zero-order valence-electron chi connectivity index (χ0n) is 12.0. The van der Waals surface area contributed by atoms with Gasteiger partial charge in [0.2, 0.25) is 0 Å². The molecule has 0 aliphatic heterocycles. The molecule has 0 aliphatic carbocycles. The number of benzene rings is 2. The number of rotatable bonds is 7. The molecule has 122 valence electrons. The minimum absolute atomic E-state index is 0.0331. The second-order valence-corrected chi connectivity index (χ2v) is 5.93. The largest absolute Gasteiger partial charge is 0.383 e. The van der Waals surface area contributed by atoms with Crippen molar-refractivity contribution in [3.63, 3.8) is 0 Å². The molecule has 0 atom stereocenters. The molecule has 8 heteroatoms. The van der Waals surface area contributed by atoms with E-state index in [0.717, 1.165) is 5.56 Å². The van der Waals surface area contributed by atoms with Crippen LogP contribution in [0.1, 0.15) is 5.56 Å². The third kappa shape index (κ3) is 4.97. The van der Waals surface area contributed by atoms with Gasteiger partial charge in [-0.2, -0.15) is 0 Å². The maximum absolute atomic E-state index is 10.6. The highest BCUT2D eigenvalue weighted by Gasteiger charge is 2.09. The zero-order chi connectivity index (χ0) is 16.8. The van der Waals surface area contributed by atoms with Crippen LogP contribution in [0.5, 0.6) is 0 Å². The molecule has 0 unspecified atom stereocenters. The Balaban J connectivity index is 1.79. The molecule has 0 spiro atoms. The molecule has 0 fully saturated rings. The average molecular weight is 375 g/mol. The smallest absolute Gasteiger partial charge is 0.271 e. The van der Waals surface area contributed by atoms with Gasteiger partial charge < -0.3 is 10.6 Å². The molecule has 0 aromatic heterocycles. The topological polar surface area (TPSA) is 67.2 Å². The number of hydrogen-bond acceptors (Lipinski definition) is 4. The molecule has 0 bridgehead atoms. The molecular formula is C15H14Cl3N3O2. The molecule has 2 aromatic rings. The molecule has 0 aliphatic rings. The van der Waals surface area contributed by atoms with Gasteiger partial charge in [-0.3, -0.25) is 10.1 Å². The number of halogens is 3. The van der Waals surface area contributed by atoms with Gasteiger partial charge in [-0.15, -0.1) is 0 Å². The normalized spacial score (nSPS) is 10.6. The fourth-order valence-electron chi connectivity index (χ4n) is 1.95. The highest BCUT2D eigenvalue weighted by molar-refractivity contribution is 6.42. The van der Waals surface area contributed by atoms with E-state index < -0.39 is 4.92 Å². The van der Waals surface area contributed by atoms with Crippen LogP contribution in [0.4, 0.5) is 11.4 Å². The number of nitrogens with one attached hydrogen (secondary N) is 2. The molecule has 0 heterocycles. The van der Waals surface area contributed by atoms with Crippen LogP contribution in [0.3, 0.4) is 0 Å². The maximum Gasteiger partial charge on any atom is 0.271 e. The van der Waals surface area contributed by atoms with Crippen LogP contribution < -0.4 is 10.6 Å². The predicted octanol–water partition coefficient (Wildman–Crippen LogP) is 4.76. The van der Waals surface area contributed by atoms with Crippen molar-refractivity contribution in [3.05, 3.63) is 67.1 Å². The lowest BCUT2D eigenvalue weighted by molar-refractivity contribution is -0.384. The van der Waals surface area contributed by atoms with Crippen LogP contribution >= 0.6 is 34.8 Å². The molecule has 23 heavy (non-hydrogen) atoms. The number of nitrogens with zero attached hydrogens (tertiary/aromatic N) is 1. The Kier molecular flexibility index (Phi) is 6.47. The maximum atomic E-state index is 10.6. The van der Waals surface area contributed by atoms with Crippen molar-refractivity contribution in [2.45, 2.75) is 6.54 Å². The zero-order valence-corrected chi connectivity index (χ0v) is 14.3. The first-order valence-electron chi connectivity index (χ1n) is 6.80. The number of non-ortho nitro benzene ring substituents is 1. The van der Waals surface area contributed by atoms with Crippen molar-refractivity contribution in [3.8, 4) is 0 Å². The van der Waals surface area contributed by atoms with Crippen LogP contribution in [-0.2, 0) is 6.54 Å². The van der Waals surface area contributed by atoms with Crippen molar-refractivity contribution in [2.24, 2.45) is 0 Å². The molecule has 0 saturated carbocycles. The van der Waals surface area contributed by atoms with Gasteiger partial charge in [0.05, 0.1) is 25.7 Å². The Morgan fingerprint density at radius 1 is 1.04 bits per heavy atom. The van der Waals surface area contributed by atoms with Crippen molar-refractivity contribution in [1.29, 1.82) is 0 Å². The molecule has 2 aromatic carbocycles. The lowest BCUT2D eigenvalue weighted by Gasteiger charge is -2.10. The van der Waals surface area contributed by atoms with Gasteiger partial charge in [0, 0.05) is 31.8 Å². The molecule has 0 saturated heterocycles. The van der Waals surface area contributed by atoms with Crippen molar-refractivity contribution in [2.75, 3.05) is 18.4 Å². The van der Waals surface area contributed by atoms with Crippen molar-refractivity contribution in [1.82, 2.24) is 5.32 Å². The fourth-order valence-corrected chi connectivity index (χ4v) is 2.58. The van der Waals surface area contributed by atoms with Crippen LogP contribution in [0.25, 0.3) is 0 Å². The van der Waals surface area contributed by atoms with E-state index >= 15 is 0 Å². The first-order chi connectivity index (χ1) is 11.0. The van der Waals surface area contributed by atoms with Crippen molar-refractivity contribution >= 4 is 46.2 Å². The SMILES string of the molecule is O=[N+]([O-])c1ccc(NCCNCc2cccc(Cl)c2Cl)c(Cl)c1. The molecule has 5 nitrogen and oxygen atoms in total. The summed E-state index contributed by atoms with van der Waals surface area (Å²) in [5.74, 6) is 0. The average Bonchev–Trinajstić information content (AvgIpc) is 2.52. The highest BCUT2D eigenvalue weighted by atomic mass is 35.5. The minimum atomic E-state index is -0.480. The van der Waals surface area contributed by atoms with E-state index in [1.807, 2.05) is 12.1 Å². The van der Waals surface area contributed by atoms with E-state index in [0.29, 0.717) is 40.4 Å². The monoisotopic (exact) mass is 373 g/mol. The summed E-state index contributed by atoms with van der Waals surface area (Å²) < 4.78 is 0. The summed E-state index contributed by atoms with van der Waals surface area (Å²) in [6, 6.07) is 9.82. The van der Waals surface area contributed by atoms with Gasteiger partial charge in [0.15, 0.2) is 0 Å². The fraction of sp³-hybridized carbons (Fsp3) is 0.200. The Bertz CT molecular complexity index is 710. The van der Waals surface area contributed by atoms with E-state index in [-0.39, 0.29) is 5.69 Å². The van der Waals surface area contributed by atoms with Crippen LogP contribution in [0, 0.1) is 10.1 Å². The third-order valence-corrected chi connectivity index (χ3v) is 4.30. The lowest BCUT2D eigenvalue weighted by Crippen LogP contribution is -2.22. The van der Waals surface area contributed by atoms with Gasteiger partial charge in [-0.1, -0.05) is 46.9 Å². The van der Waals surface area contributed by atoms with E-state index in [1.54, 1.807) is 12.1 Å². The summed E-state index contributed by atoms with van der Waals surface area (Å²) in [4.78, 5) is 10.2. The van der Waals surface area contributed by atoms with Crippen LogP contribution in [0.15, 0.2) is 36.4 Å². The summed E-state index contributed by atoms with van der Waals surface area (Å²) in [7, 11) is 0. The number of nitro groups is 1. The molecule has 2 N–H and O–H groups in total. The van der Waals surface area contributed by atoms with Gasteiger partial charge in [0.1, 0.15) is 0 Å². The molecule has 2 rings (SSSR count). The van der Waals surface area contributed by atoms with E-state index in [2.05, 4.69) is 10.6 Å². The van der Waals surface area contributed by atoms with Crippen molar-refractivity contribution < 1.29 is 4.92 Å². The number of hydrogen-bond donors (Lipinski definition) is 2. The summed E-state index contributed by atoms with van der Waals surface area (Å²) >= 11 is 18.1. The Morgan fingerprint density at radius 3 is 2.52 bits per heavy atom.